The van der Waals surface area contributed by atoms with Gasteiger partial charge in [-0.2, -0.15) is 0 Å². The fraction of sp³-hybridized carbons (Fsp3) is 0.320. The normalized spacial score (nSPS) is 17.9. The van der Waals surface area contributed by atoms with Crippen molar-refractivity contribution in [1.82, 2.24) is 10.6 Å². The summed E-state index contributed by atoms with van der Waals surface area (Å²) in [6, 6.07) is 11.5. The maximum absolute atomic E-state index is 13.0. The third-order valence-electron chi connectivity index (χ3n) is 6.26. The number of carbonyl (C=O) groups is 1. The van der Waals surface area contributed by atoms with E-state index in [1.807, 2.05) is 6.92 Å². The molecule has 190 valence electrons. The minimum atomic E-state index is -4.01. The van der Waals surface area contributed by atoms with E-state index < -0.39 is 20.9 Å². The van der Waals surface area contributed by atoms with Crippen LogP contribution < -0.4 is 31.5 Å². The average molecular weight is 515 g/mol. The van der Waals surface area contributed by atoms with Gasteiger partial charge in [-0.3, -0.25) is 14.3 Å². The Kier molecular flexibility index (Phi) is 7.39. The van der Waals surface area contributed by atoms with E-state index in [9.17, 15) is 27.2 Å². The van der Waals surface area contributed by atoms with E-state index in [0.717, 1.165) is 11.1 Å². The summed E-state index contributed by atoms with van der Waals surface area (Å²) in [6.07, 6.45) is 2.51. The third-order valence-corrected chi connectivity index (χ3v) is 7.62. The fourth-order valence-electron chi connectivity index (χ4n) is 4.14. The zero-order chi connectivity index (χ0) is 25.9. The molecule has 0 radical (unpaired) electrons. The van der Waals surface area contributed by atoms with Crippen molar-refractivity contribution in [2.75, 3.05) is 10.0 Å². The molecule has 1 aliphatic rings. The number of rotatable bonds is 8. The molecule has 0 aliphatic heterocycles. The Morgan fingerprint density at radius 1 is 0.889 bits per heavy atom. The lowest BCUT2D eigenvalue weighted by molar-refractivity contribution is 0.231. The maximum atomic E-state index is 13.0. The first kappa shape index (κ1) is 25.4. The van der Waals surface area contributed by atoms with Gasteiger partial charge in [-0.05, 0) is 62.4 Å². The smallest absolute Gasteiger partial charge is 0.315 e. The molecule has 0 spiro atoms. The summed E-state index contributed by atoms with van der Waals surface area (Å²) >= 11 is 0. The SMILES string of the molecule is Cc1ccc(S(=O)(=O)Nc2c(NC3CCC(NC(=O)NCc4ccc(F)cc4)CC3)c(=O)c2=O)cc1. The molecular formula is C25H27FN4O5S. The van der Waals surface area contributed by atoms with E-state index in [4.69, 9.17) is 0 Å². The highest BCUT2D eigenvalue weighted by Gasteiger charge is 2.29. The highest BCUT2D eigenvalue weighted by atomic mass is 32.2. The molecular weight excluding hydrogens is 487 g/mol. The molecule has 3 aromatic rings. The summed E-state index contributed by atoms with van der Waals surface area (Å²) in [4.78, 5) is 36.4. The Labute approximate surface area is 207 Å². The maximum Gasteiger partial charge on any atom is 0.315 e. The summed E-state index contributed by atoms with van der Waals surface area (Å²) in [5.41, 5.74) is -0.231. The lowest BCUT2D eigenvalue weighted by atomic mass is 9.91. The molecule has 9 nitrogen and oxygen atoms in total. The summed E-state index contributed by atoms with van der Waals surface area (Å²) in [5.74, 6) is -0.340. The van der Waals surface area contributed by atoms with Gasteiger partial charge in [-0.15, -0.1) is 0 Å². The monoisotopic (exact) mass is 514 g/mol. The van der Waals surface area contributed by atoms with Gasteiger partial charge in [0.2, 0.25) is 0 Å². The molecule has 0 aromatic heterocycles. The number of hydrogen-bond donors (Lipinski definition) is 4. The van der Waals surface area contributed by atoms with E-state index in [0.29, 0.717) is 25.7 Å². The summed E-state index contributed by atoms with van der Waals surface area (Å²) in [5, 5.41) is 8.66. The van der Waals surface area contributed by atoms with Crippen LogP contribution in [0.3, 0.4) is 0 Å². The molecule has 0 bridgehead atoms. The van der Waals surface area contributed by atoms with E-state index >= 15 is 0 Å². The van der Waals surface area contributed by atoms with Gasteiger partial charge in [-0.1, -0.05) is 29.8 Å². The molecule has 36 heavy (non-hydrogen) atoms. The van der Waals surface area contributed by atoms with Crippen LogP contribution >= 0.6 is 0 Å². The van der Waals surface area contributed by atoms with Crippen LogP contribution in [0.5, 0.6) is 0 Å². The lowest BCUT2D eigenvalue weighted by Crippen LogP contribution is -2.46. The van der Waals surface area contributed by atoms with Crippen LogP contribution in [0, 0.1) is 12.7 Å². The van der Waals surface area contributed by atoms with Crippen molar-refractivity contribution in [3.05, 3.63) is 85.9 Å². The largest absolute Gasteiger partial charge is 0.377 e. The van der Waals surface area contributed by atoms with E-state index in [1.165, 1.54) is 24.3 Å². The van der Waals surface area contributed by atoms with Crippen molar-refractivity contribution in [1.29, 1.82) is 0 Å². The average Bonchev–Trinajstić information content (AvgIpc) is 2.87. The number of benzene rings is 2. The Bertz CT molecular complexity index is 1410. The van der Waals surface area contributed by atoms with Crippen molar-refractivity contribution >= 4 is 27.4 Å². The number of amides is 2. The quantitative estimate of drug-likeness (QED) is 0.342. The zero-order valence-electron chi connectivity index (χ0n) is 19.6. The van der Waals surface area contributed by atoms with Crippen molar-refractivity contribution in [3.63, 3.8) is 0 Å². The predicted molar refractivity (Wildman–Crippen MR) is 135 cm³/mol. The second kappa shape index (κ2) is 10.5. The number of halogens is 1. The minimum absolute atomic E-state index is 0.00335. The summed E-state index contributed by atoms with van der Waals surface area (Å²) < 4.78 is 40.5. The number of aryl methyl sites for hydroxylation is 1. The Hall–Kier alpha value is -3.73. The second-order valence-electron chi connectivity index (χ2n) is 8.97. The first-order chi connectivity index (χ1) is 17.1. The Balaban J connectivity index is 1.28. The molecule has 1 aliphatic carbocycles. The summed E-state index contributed by atoms with van der Waals surface area (Å²) in [7, 11) is -4.01. The molecule has 0 heterocycles. The van der Waals surface area contributed by atoms with Gasteiger partial charge in [0.25, 0.3) is 20.9 Å². The van der Waals surface area contributed by atoms with Gasteiger partial charge >= 0.3 is 6.03 Å². The highest BCUT2D eigenvalue weighted by Crippen LogP contribution is 2.26. The third kappa shape index (κ3) is 5.91. The van der Waals surface area contributed by atoms with Crippen molar-refractivity contribution in [2.45, 2.75) is 56.1 Å². The highest BCUT2D eigenvalue weighted by molar-refractivity contribution is 7.92. The first-order valence-corrected chi connectivity index (χ1v) is 13.1. The van der Waals surface area contributed by atoms with Crippen molar-refractivity contribution < 1.29 is 17.6 Å². The van der Waals surface area contributed by atoms with Crippen LogP contribution in [-0.2, 0) is 16.6 Å². The second-order valence-corrected chi connectivity index (χ2v) is 10.7. The van der Waals surface area contributed by atoms with Crippen LogP contribution in [0.25, 0.3) is 0 Å². The van der Waals surface area contributed by atoms with E-state index in [2.05, 4.69) is 20.7 Å². The van der Waals surface area contributed by atoms with Crippen molar-refractivity contribution in [2.24, 2.45) is 0 Å². The number of urea groups is 1. The van der Waals surface area contributed by atoms with Gasteiger partial charge in [0, 0.05) is 18.6 Å². The molecule has 2 amide bonds. The minimum Gasteiger partial charge on any atom is -0.377 e. The van der Waals surface area contributed by atoms with Crippen LogP contribution in [0.2, 0.25) is 0 Å². The molecule has 3 aromatic carbocycles. The van der Waals surface area contributed by atoms with E-state index in [1.54, 1.807) is 24.3 Å². The van der Waals surface area contributed by atoms with Crippen LogP contribution in [-0.4, -0.2) is 26.5 Å². The molecule has 1 saturated carbocycles. The number of sulfonamides is 1. The number of anilines is 2. The summed E-state index contributed by atoms with van der Waals surface area (Å²) in [6.45, 7) is 2.10. The number of carbonyl (C=O) groups excluding carboxylic acids is 1. The van der Waals surface area contributed by atoms with Crippen LogP contribution in [0.1, 0.15) is 36.8 Å². The standard InChI is InChI=1S/C25H27FN4O5S/c1-15-2-12-20(13-3-15)36(34,35)30-22-21(23(31)24(22)32)28-18-8-10-19(11-9-18)29-25(33)27-14-16-4-6-17(26)7-5-16/h2-7,12-13,18-19,28,30H,8-11,14H2,1H3,(H2,27,29,33). The molecule has 0 unspecified atom stereocenters. The van der Waals surface area contributed by atoms with Crippen molar-refractivity contribution in [3.8, 4) is 0 Å². The number of hydrogen-bond acceptors (Lipinski definition) is 6. The number of nitrogens with one attached hydrogen (secondary N) is 4. The van der Waals surface area contributed by atoms with Gasteiger partial charge in [0.05, 0.1) is 4.90 Å². The fourth-order valence-corrected chi connectivity index (χ4v) is 5.22. The van der Waals surface area contributed by atoms with E-state index in [-0.39, 0.29) is 46.7 Å². The first-order valence-electron chi connectivity index (χ1n) is 11.6. The van der Waals surface area contributed by atoms with Gasteiger partial charge in [0.15, 0.2) is 0 Å². The van der Waals surface area contributed by atoms with Crippen LogP contribution in [0.4, 0.5) is 20.6 Å². The lowest BCUT2D eigenvalue weighted by Gasteiger charge is -2.31. The topological polar surface area (TPSA) is 133 Å². The molecule has 4 N–H and O–H groups in total. The predicted octanol–water partition coefficient (Wildman–Crippen LogP) is 2.75. The Morgan fingerprint density at radius 3 is 2.11 bits per heavy atom. The molecule has 11 heteroatoms. The molecule has 0 saturated heterocycles. The molecule has 1 fully saturated rings. The van der Waals surface area contributed by atoms with Gasteiger partial charge in [-0.25, -0.2) is 17.6 Å². The zero-order valence-corrected chi connectivity index (χ0v) is 20.5. The Morgan fingerprint density at radius 2 is 1.47 bits per heavy atom. The van der Waals surface area contributed by atoms with Gasteiger partial charge < -0.3 is 16.0 Å². The van der Waals surface area contributed by atoms with Crippen LogP contribution in [0.15, 0.2) is 63.0 Å². The van der Waals surface area contributed by atoms with Gasteiger partial charge in [0.1, 0.15) is 17.2 Å². The molecule has 4 rings (SSSR count). The molecule has 0 atom stereocenters.